The van der Waals surface area contributed by atoms with Crippen LogP contribution in [0.5, 0.6) is 0 Å². The lowest BCUT2D eigenvalue weighted by atomic mass is 10.2. The van der Waals surface area contributed by atoms with Crippen molar-refractivity contribution < 1.29 is 4.79 Å². The van der Waals surface area contributed by atoms with Crippen molar-refractivity contribution in [3.8, 4) is 0 Å². The van der Waals surface area contributed by atoms with Crippen LogP contribution in [-0.2, 0) is 6.54 Å². The Bertz CT molecular complexity index is 400. The lowest BCUT2D eigenvalue weighted by molar-refractivity contribution is 0.0946. The van der Waals surface area contributed by atoms with E-state index in [4.69, 9.17) is 5.73 Å². The van der Waals surface area contributed by atoms with Gasteiger partial charge in [-0.1, -0.05) is 0 Å². The van der Waals surface area contributed by atoms with Gasteiger partial charge in [0.1, 0.15) is 0 Å². The summed E-state index contributed by atoms with van der Waals surface area (Å²) in [5, 5.41) is 6.98. The Morgan fingerprint density at radius 1 is 1.65 bits per heavy atom. The third kappa shape index (κ3) is 3.66. The number of aryl methyl sites for hydroxylation is 1. The molecule has 6 heteroatoms. The molecule has 0 fully saturated rings. The number of hydrogen-bond acceptors (Lipinski definition) is 4. The minimum Gasteiger partial charge on any atom is -0.396 e. The topological polar surface area (TPSA) is 72.9 Å². The molecule has 1 aromatic rings. The summed E-state index contributed by atoms with van der Waals surface area (Å²) < 4.78 is 1.67. The lowest BCUT2D eigenvalue weighted by Gasteiger charge is -2.21. The molecule has 0 radical (unpaired) electrons. The van der Waals surface area contributed by atoms with Gasteiger partial charge in [0.15, 0.2) is 5.69 Å². The summed E-state index contributed by atoms with van der Waals surface area (Å²) in [6.07, 6.45) is 3.70. The zero-order valence-corrected chi connectivity index (χ0v) is 11.6. The Morgan fingerprint density at radius 2 is 2.29 bits per heavy atom. The Morgan fingerprint density at radius 3 is 2.76 bits per heavy atom. The van der Waals surface area contributed by atoms with E-state index in [0.717, 1.165) is 0 Å². The maximum atomic E-state index is 11.9. The fraction of sp³-hybridized carbons (Fsp3) is 0.636. The predicted octanol–water partition coefficient (Wildman–Crippen LogP) is 1.36. The summed E-state index contributed by atoms with van der Waals surface area (Å²) in [5.74, 6) is -0.211. The number of nitrogens with two attached hydrogens (primary N) is 1. The predicted molar refractivity (Wildman–Crippen MR) is 72.2 cm³/mol. The summed E-state index contributed by atoms with van der Waals surface area (Å²) in [6, 6.07) is 0. The molecule has 0 unspecified atom stereocenters. The lowest BCUT2D eigenvalue weighted by Crippen LogP contribution is -2.36. The molecule has 96 valence electrons. The number of carbonyl (C=O) groups is 1. The van der Waals surface area contributed by atoms with Crippen molar-refractivity contribution in [3.63, 3.8) is 0 Å². The molecule has 0 saturated heterocycles. The molecule has 1 heterocycles. The van der Waals surface area contributed by atoms with Gasteiger partial charge in [0.2, 0.25) is 0 Å². The molecule has 0 aliphatic heterocycles. The summed E-state index contributed by atoms with van der Waals surface area (Å²) in [6.45, 7) is 7.39. The maximum absolute atomic E-state index is 11.9. The van der Waals surface area contributed by atoms with Crippen LogP contribution in [0.1, 0.15) is 31.3 Å². The second kappa shape index (κ2) is 5.44. The van der Waals surface area contributed by atoms with Gasteiger partial charge in [0.25, 0.3) is 5.91 Å². The van der Waals surface area contributed by atoms with Crippen molar-refractivity contribution >= 4 is 23.4 Å². The number of nitrogens with one attached hydrogen (secondary N) is 1. The Balaban J connectivity index is 2.67. The van der Waals surface area contributed by atoms with Crippen LogP contribution >= 0.6 is 11.8 Å². The number of anilines is 1. The van der Waals surface area contributed by atoms with Gasteiger partial charge in [-0.15, -0.1) is 0 Å². The fourth-order valence-electron chi connectivity index (χ4n) is 1.22. The molecule has 0 saturated carbocycles. The number of carbonyl (C=O) groups excluding carboxylic acids is 1. The number of aromatic nitrogens is 2. The van der Waals surface area contributed by atoms with E-state index in [9.17, 15) is 4.79 Å². The maximum Gasteiger partial charge on any atom is 0.273 e. The molecule has 0 spiro atoms. The molecule has 1 amide bonds. The van der Waals surface area contributed by atoms with Crippen LogP contribution in [0.3, 0.4) is 0 Å². The first-order chi connectivity index (χ1) is 7.89. The molecule has 17 heavy (non-hydrogen) atoms. The van der Waals surface area contributed by atoms with Crippen LogP contribution in [0.25, 0.3) is 0 Å². The minimum absolute atomic E-state index is 0.0117. The van der Waals surface area contributed by atoms with Crippen LogP contribution in [-0.4, -0.2) is 33.2 Å². The van der Waals surface area contributed by atoms with Gasteiger partial charge < -0.3 is 11.1 Å². The van der Waals surface area contributed by atoms with E-state index in [0.29, 0.717) is 24.5 Å². The van der Waals surface area contributed by atoms with Crippen molar-refractivity contribution in [2.75, 3.05) is 18.5 Å². The molecule has 0 aliphatic rings. The van der Waals surface area contributed by atoms with Gasteiger partial charge in [-0.3, -0.25) is 9.48 Å². The molecule has 0 atom stereocenters. The first-order valence-electron chi connectivity index (χ1n) is 5.56. The van der Waals surface area contributed by atoms with Crippen molar-refractivity contribution in [3.05, 3.63) is 11.9 Å². The zero-order chi connectivity index (χ0) is 13.1. The highest BCUT2D eigenvalue weighted by Gasteiger charge is 2.20. The smallest absolute Gasteiger partial charge is 0.273 e. The molecule has 0 aliphatic carbocycles. The molecule has 1 aromatic heterocycles. The van der Waals surface area contributed by atoms with E-state index in [1.807, 2.05) is 13.2 Å². The first kappa shape index (κ1) is 13.9. The van der Waals surface area contributed by atoms with Crippen molar-refractivity contribution in [1.29, 1.82) is 0 Å². The van der Waals surface area contributed by atoms with E-state index in [1.54, 1.807) is 22.6 Å². The first-order valence-corrected chi connectivity index (χ1v) is 6.78. The molecular weight excluding hydrogens is 236 g/mol. The van der Waals surface area contributed by atoms with Crippen LogP contribution in [0.15, 0.2) is 6.20 Å². The van der Waals surface area contributed by atoms with Crippen LogP contribution in [0.2, 0.25) is 0 Å². The van der Waals surface area contributed by atoms with Gasteiger partial charge in [0, 0.05) is 24.0 Å². The van der Waals surface area contributed by atoms with E-state index in [-0.39, 0.29) is 10.7 Å². The third-order valence-electron chi connectivity index (χ3n) is 2.56. The second-order valence-electron chi connectivity index (χ2n) is 4.44. The third-order valence-corrected chi connectivity index (χ3v) is 3.81. The van der Waals surface area contributed by atoms with Gasteiger partial charge in [-0.05, 0) is 27.0 Å². The normalized spacial score (nSPS) is 11.5. The van der Waals surface area contributed by atoms with E-state index >= 15 is 0 Å². The molecule has 0 aromatic carbocycles. The van der Waals surface area contributed by atoms with Gasteiger partial charge >= 0.3 is 0 Å². The van der Waals surface area contributed by atoms with Crippen LogP contribution in [0, 0.1) is 0 Å². The molecule has 0 bridgehead atoms. The average Bonchev–Trinajstić information content (AvgIpc) is 2.68. The van der Waals surface area contributed by atoms with E-state index < -0.39 is 0 Å². The highest BCUT2D eigenvalue weighted by molar-refractivity contribution is 7.99. The average molecular weight is 256 g/mol. The van der Waals surface area contributed by atoms with Gasteiger partial charge in [0.05, 0.1) is 5.69 Å². The fourth-order valence-corrected chi connectivity index (χ4v) is 1.44. The number of nitrogens with zero attached hydrogens (tertiary/aromatic N) is 2. The summed E-state index contributed by atoms with van der Waals surface area (Å²) >= 11 is 1.71. The van der Waals surface area contributed by atoms with Crippen LogP contribution in [0.4, 0.5) is 5.69 Å². The summed E-state index contributed by atoms with van der Waals surface area (Å²) in [5.41, 5.74) is 6.47. The Hall–Kier alpha value is -1.17. The van der Waals surface area contributed by atoms with Crippen LogP contribution < -0.4 is 11.1 Å². The van der Waals surface area contributed by atoms with Gasteiger partial charge in [-0.25, -0.2) is 0 Å². The highest BCUT2D eigenvalue weighted by atomic mass is 32.2. The largest absolute Gasteiger partial charge is 0.396 e. The van der Waals surface area contributed by atoms with Crippen molar-refractivity contribution in [2.24, 2.45) is 0 Å². The monoisotopic (exact) mass is 256 g/mol. The number of hydrogen-bond donors (Lipinski definition) is 2. The Labute approximate surface area is 106 Å². The standard InChI is InChI=1S/C11H20N4OS/c1-5-15-6-8(12)9(14-15)10(16)13-7-11(2,3)17-4/h6H,5,7,12H2,1-4H3,(H,13,16). The number of rotatable bonds is 5. The second-order valence-corrected chi connectivity index (χ2v) is 5.95. The molecule has 5 nitrogen and oxygen atoms in total. The van der Waals surface area contributed by atoms with Crippen molar-refractivity contribution in [2.45, 2.75) is 32.1 Å². The van der Waals surface area contributed by atoms with E-state index in [1.165, 1.54) is 0 Å². The summed E-state index contributed by atoms with van der Waals surface area (Å²) in [4.78, 5) is 11.9. The Kier molecular flexibility index (Phi) is 4.45. The van der Waals surface area contributed by atoms with E-state index in [2.05, 4.69) is 24.3 Å². The zero-order valence-electron chi connectivity index (χ0n) is 10.8. The molecular formula is C11H20N4OS. The SMILES string of the molecule is CCn1cc(N)c(C(=O)NCC(C)(C)SC)n1. The number of thioether (sulfide) groups is 1. The minimum atomic E-state index is -0.211. The molecule has 1 rings (SSSR count). The quantitative estimate of drug-likeness (QED) is 0.834. The molecule has 3 N–H and O–H groups in total. The number of nitrogen functional groups attached to an aromatic ring is 1. The summed E-state index contributed by atoms with van der Waals surface area (Å²) in [7, 11) is 0. The van der Waals surface area contributed by atoms with Gasteiger partial charge in [-0.2, -0.15) is 16.9 Å². The van der Waals surface area contributed by atoms with Crippen molar-refractivity contribution in [1.82, 2.24) is 15.1 Å². The highest BCUT2D eigenvalue weighted by Crippen LogP contribution is 2.20. The number of amides is 1.